The van der Waals surface area contributed by atoms with Crippen LogP contribution in [0.5, 0.6) is 0 Å². The van der Waals surface area contributed by atoms with Crippen molar-refractivity contribution in [3.05, 3.63) is 36.2 Å². The van der Waals surface area contributed by atoms with Crippen molar-refractivity contribution in [1.82, 2.24) is 20.4 Å². The highest BCUT2D eigenvalue weighted by molar-refractivity contribution is 5.76. The third kappa shape index (κ3) is 5.98. The fraction of sp³-hybridized carbons (Fsp3) is 0.526. The van der Waals surface area contributed by atoms with Gasteiger partial charge in [0.1, 0.15) is 0 Å². The number of aryl methyl sites for hydroxylation is 1. The number of aromatic nitrogens is 2. The number of benzene rings is 1. The molecule has 25 heavy (non-hydrogen) atoms. The molecular formula is C19H28N4O2. The number of nitrogens with one attached hydrogen (secondary N) is 1. The van der Waals surface area contributed by atoms with Gasteiger partial charge in [-0.1, -0.05) is 35.5 Å². The summed E-state index contributed by atoms with van der Waals surface area (Å²) in [6.45, 7) is 10.2. The van der Waals surface area contributed by atoms with Gasteiger partial charge >= 0.3 is 0 Å². The molecule has 0 spiro atoms. The van der Waals surface area contributed by atoms with Gasteiger partial charge in [-0.3, -0.25) is 9.69 Å². The van der Waals surface area contributed by atoms with E-state index < -0.39 is 0 Å². The van der Waals surface area contributed by atoms with Crippen LogP contribution in [-0.4, -0.2) is 46.1 Å². The standard InChI is InChI=1S/C19H28N4O2/c1-14(2)23(15(3)4)13-12-20-17(24)10-11-18-21-19(22-25-18)16-8-6-5-7-9-16/h5-9,14-15H,10-13H2,1-4H3,(H,20,24). The molecule has 2 rings (SSSR count). The van der Waals surface area contributed by atoms with Crippen LogP contribution in [0.15, 0.2) is 34.9 Å². The quantitative estimate of drug-likeness (QED) is 0.757. The van der Waals surface area contributed by atoms with Gasteiger partial charge in [-0.2, -0.15) is 4.98 Å². The smallest absolute Gasteiger partial charge is 0.227 e. The maximum atomic E-state index is 12.0. The lowest BCUT2D eigenvalue weighted by atomic mass is 10.2. The first-order chi connectivity index (χ1) is 12.0. The molecule has 1 aromatic heterocycles. The zero-order valence-electron chi connectivity index (χ0n) is 15.5. The monoisotopic (exact) mass is 344 g/mol. The minimum absolute atomic E-state index is 0.00641. The minimum Gasteiger partial charge on any atom is -0.355 e. The first-order valence-electron chi connectivity index (χ1n) is 8.88. The number of carbonyl (C=O) groups excluding carboxylic acids is 1. The van der Waals surface area contributed by atoms with Crippen molar-refractivity contribution < 1.29 is 9.32 Å². The fourth-order valence-electron chi connectivity index (χ4n) is 2.81. The summed E-state index contributed by atoms with van der Waals surface area (Å²) in [5, 5.41) is 6.93. The predicted molar refractivity (Wildman–Crippen MR) is 98.0 cm³/mol. The Bertz CT molecular complexity index is 644. The van der Waals surface area contributed by atoms with E-state index >= 15 is 0 Å². The summed E-state index contributed by atoms with van der Waals surface area (Å²) in [4.78, 5) is 18.7. The van der Waals surface area contributed by atoms with Crippen LogP contribution in [0.3, 0.4) is 0 Å². The van der Waals surface area contributed by atoms with Gasteiger partial charge in [0.2, 0.25) is 17.6 Å². The molecule has 6 nitrogen and oxygen atoms in total. The lowest BCUT2D eigenvalue weighted by Gasteiger charge is -2.30. The van der Waals surface area contributed by atoms with Gasteiger partial charge in [0.05, 0.1) is 0 Å². The average molecular weight is 344 g/mol. The Morgan fingerprint density at radius 2 is 1.84 bits per heavy atom. The molecule has 0 aliphatic carbocycles. The molecule has 6 heteroatoms. The third-order valence-corrected chi connectivity index (χ3v) is 4.08. The fourth-order valence-corrected chi connectivity index (χ4v) is 2.81. The summed E-state index contributed by atoms with van der Waals surface area (Å²) in [5.41, 5.74) is 0.907. The van der Waals surface area contributed by atoms with Crippen molar-refractivity contribution in [2.45, 2.75) is 52.6 Å². The van der Waals surface area contributed by atoms with Crippen molar-refractivity contribution in [3.8, 4) is 11.4 Å². The second kappa shape index (κ2) is 9.32. The molecule has 1 aromatic carbocycles. The SMILES string of the molecule is CC(C)N(CCNC(=O)CCc1nc(-c2ccccc2)no1)C(C)C. The molecule has 0 fully saturated rings. The Morgan fingerprint density at radius 3 is 2.48 bits per heavy atom. The first kappa shape index (κ1) is 19.1. The minimum atomic E-state index is 0.00641. The van der Waals surface area contributed by atoms with Crippen molar-refractivity contribution in [2.24, 2.45) is 0 Å². The lowest BCUT2D eigenvalue weighted by Crippen LogP contribution is -2.42. The van der Waals surface area contributed by atoms with Crippen LogP contribution in [-0.2, 0) is 11.2 Å². The van der Waals surface area contributed by atoms with Crippen molar-refractivity contribution in [3.63, 3.8) is 0 Å². The molecule has 1 heterocycles. The molecule has 0 radical (unpaired) electrons. The average Bonchev–Trinajstić information content (AvgIpc) is 3.06. The third-order valence-electron chi connectivity index (χ3n) is 4.08. The van der Waals surface area contributed by atoms with Gasteiger partial charge in [0.25, 0.3) is 0 Å². The normalized spacial score (nSPS) is 11.5. The summed E-state index contributed by atoms with van der Waals surface area (Å²) in [6, 6.07) is 10.6. The highest BCUT2D eigenvalue weighted by atomic mass is 16.5. The molecule has 0 saturated heterocycles. The molecular weight excluding hydrogens is 316 g/mol. The maximum absolute atomic E-state index is 12.0. The lowest BCUT2D eigenvalue weighted by molar-refractivity contribution is -0.121. The van der Waals surface area contributed by atoms with E-state index in [0.717, 1.165) is 12.1 Å². The van der Waals surface area contributed by atoms with E-state index in [4.69, 9.17) is 4.52 Å². The zero-order valence-corrected chi connectivity index (χ0v) is 15.5. The number of rotatable bonds is 9. The Balaban J connectivity index is 1.74. The topological polar surface area (TPSA) is 71.3 Å². The number of carbonyl (C=O) groups is 1. The van der Waals surface area contributed by atoms with Crippen LogP contribution in [0.1, 0.15) is 40.0 Å². The summed E-state index contributed by atoms with van der Waals surface area (Å²) in [6.07, 6.45) is 0.795. The molecule has 1 amide bonds. The molecule has 0 bridgehead atoms. The Labute approximate surface area is 149 Å². The van der Waals surface area contributed by atoms with E-state index in [9.17, 15) is 4.79 Å². The molecule has 0 aliphatic heterocycles. The van der Waals surface area contributed by atoms with E-state index in [1.807, 2.05) is 30.3 Å². The molecule has 0 unspecified atom stereocenters. The molecule has 1 N–H and O–H groups in total. The summed E-state index contributed by atoms with van der Waals surface area (Å²) in [5.74, 6) is 1.05. The van der Waals surface area contributed by atoms with Gasteiger partial charge in [-0.25, -0.2) is 0 Å². The first-order valence-corrected chi connectivity index (χ1v) is 8.88. The maximum Gasteiger partial charge on any atom is 0.227 e. The van der Waals surface area contributed by atoms with E-state index in [1.54, 1.807) is 0 Å². The van der Waals surface area contributed by atoms with Gasteiger partial charge in [-0.15, -0.1) is 0 Å². The van der Waals surface area contributed by atoms with Crippen LogP contribution in [0.2, 0.25) is 0 Å². The largest absolute Gasteiger partial charge is 0.355 e. The van der Waals surface area contributed by atoms with Crippen molar-refractivity contribution in [1.29, 1.82) is 0 Å². The molecule has 0 atom stereocenters. The van der Waals surface area contributed by atoms with E-state index in [-0.39, 0.29) is 5.91 Å². The van der Waals surface area contributed by atoms with Crippen LogP contribution in [0.4, 0.5) is 0 Å². The van der Waals surface area contributed by atoms with Gasteiger partial charge in [0, 0.05) is 43.6 Å². The van der Waals surface area contributed by atoms with Gasteiger partial charge in [0.15, 0.2) is 0 Å². The zero-order chi connectivity index (χ0) is 18.2. The van der Waals surface area contributed by atoms with Crippen molar-refractivity contribution in [2.75, 3.05) is 13.1 Å². The summed E-state index contributed by atoms with van der Waals surface area (Å²) < 4.78 is 5.23. The van der Waals surface area contributed by atoms with Crippen LogP contribution in [0.25, 0.3) is 11.4 Å². The molecule has 0 saturated carbocycles. The van der Waals surface area contributed by atoms with E-state index in [1.165, 1.54) is 0 Å². The number of nitrogens with zero attached hydrogens (tertiary/aromatic N) is 3. The highest BCUT2D eigenvalue weighted by Crippen LogP contribution is 2.15. The number of amides is 1. The summed E-state index contributed by atoms with van der Waals surface area (Å²) >= 11 is 0. The Hall–Kier alpha value is -2.21. The van der Waals surface area contributed by atoms with Crippen LogP contribution < -0.4 is 5.32 Å². The predicted octanol–water partition coefficient (Wildman–Crippen LogP) is 2.90. The van der Waals surface area contributed by atoms with E-state index in [0.29, 0.717) is 43.2 Å². The van der Waals surface area contributed by atoms with Crippen LogP contribution in [0, 0.1) is 0 Å². The number of hydrogen-bond donors (Lipinski definition) is 1. The Morgan fingerprint density at radius 1 is 1.16 bits per heavy atom. The number of hydrogen-bond acceptors (Lipinski definition) is 5. The van der Waals surface area contributed by atoms with Crippen LogP contribution >= 0.6 is 0 Å². The molecule has 0 aliphatic rings. The highest BCUT2D eigenvalue weighted by Gasteiger charge is 2.14. The second-order valence-corrected chi connectivity index (χ2v) is 6.65. The van der Waals surface area contributed by atoms with E-state index in [2.05, 4.69) is 48.1 Å². The van der Waals surface area contributed by atoms with Crippen molar-refractivity contribution >= 4 is 5.91 Å². The Kier molecular flexibility index (Phi) is 7.13. The molecule has 2 aromatic rings. The molecule has 136 valence electrons. The van der Waals surface area contributed by atoms with Gasteiger partial charge < -0.3 is 9.84 Å². The second-order valence-electron chi connectivity index (χ2n) is 6.65. The van der Waals surface area contributed by atoms with Gasteiger partial charge in [-0.05, 0) is 27.7 Å². The summed E-state index contributed by atoms with van der Waals surface area (Å²) in [7, 11) is 0.